The van der Waals surface area contributed by atoms with Gasteiger partial charge < -0.3 is 10.0 Å². The average molecular weight is 330 g/mol. The molecule has 1 unspecified atom stereocenters. The number of likely N-dealkylation sites (tertiary alicyclic amines) is 1. The molecule has 0 spiro atoms. The van der Waals surface area contributed by atoms with Gasteiger partial charge in [0.25, 0.3) is 0 Å². The summed E-state index contributed by atoms with van der Waals surface area (Å²) in [5.74, 6) is 0.191. The molecule has 1 heterocycles. The lowest BCUT2D eigenvalue weighted by molar-refractivity contribution is -0.133. The molecule has 2 fully saturated rings. The summed E-state index contributed by atoms with van der Waals surface area (Å²) in [6, 6.07) is 8.43. The number of hydrogen-bond acceptors (Lipinski definition) is 3. The largest absolute Gasteiger partial charge is 0.384 e. The van der Waals surface area contributed by atoms with Crippen molar-refractivity contribution in [3.63, 3.8) is 0 Å². The molecule has 0 radical (unpaired) electrons. The first-order valence-electron chi connectivity index (χ1n) is 9.26. The number of rotatable bonds is 4. The maximum Gasteiger partial charge on any atom is 0.236 e. The van der Waals surface area contributed by atoms with Gasteiger partial charge in [0, 0.05) is 26.2 Å². The third-order valence-electron chi connectivity index (χ3n) is 5.85. The van der Waals surface area contributed by atoms with Crippen molar-refractivity contribution < 1.29 is 9.90 Å². The van der Waals surface area contributed by atoms with E-state index in [4.69, 9.17) is 0 Å². The molecular formula is C20H30N2O2. The Labute approximate surface area is 145 Å². The van der Waals surface area contributed by atoms with Crippen molar-refractivity contribution in [2.45, 2.75) is 57.1 Å². The van der Waals surface area contributed by atoms with E-state index in [1.54, 1.807) is 0 Å². The number of carbonyl (C=O) groups is 1. The smallest absolute Gasteiger partial charge is 0.236 e. The fourth-order valence-corrected chi connectivity index (χ4v) is 4.30. The Balaban J connectivity index is 1.59. The summed E-state index contributed by atoms with van der Waals surface area (Å²) in [7, 11) is 1.95. The Morgan fingerprint density at radius 3 is 2.71 bits per heavy atom. The van der Waals surface area contributed by atoms with E-state index in [-0.39, 0.29) is 5.91 Å². The van der Waals surface area contributed by atoms with Crippen LogP contribution in [0.2, 0.25) is 0 Å². The zero-order valence-corrected chi connectivity index (χ0v) is 15.0. The summed E-state index contributed by atoms with van der Waals surface area (Å²) in [5, 5.41) is 11.0. The number of benzene rings is 1. The maximum absolute atomic E-state index is 12.6. The molecule has 2 aliphatic rings. The highest BCUT2D eigenvalue weighted by Gasteiger charge is 2.39. The minimum absolute atomic E-state index is 0.191. The predicted molar refractivity (Wildman–Crippen MR) is 95.8 cm³/mol. The van der Waals surface area contributed by atoms with Crippen molar-refractivity contribution in [2.24, 2.45) is 0 Å². The van der Waals surface area contributed by atoms with Gasteiger partial charge in [-0.3, -0.25) is 9.69 Å². The van der Waals surface area contributed by atoms with Crippen LogP contribution in [0.4, 0.5) is 0 Å². The Morgan fingerprint density at radius 2 is 2.00 bits per heavy atom. The first kappa shape index (κ1) is 17.4. The van der Waals surface area contributed by atoms with Gasteiger partial charge in [-0.25, -0.2) is 0 Å². The Morgan fingerprint density at radius 1 is 1.29 bits per heavy atom. The van der Waals surface area contributed by atoms with E-state index in [1.807, 2.05) is 43.1 Å². The molecule has 1 aliphatic carbocycles. The standard InChI is InChI=1S/C20H30N2O2/c1-16-8-6-7-11-18(16)20(24)12-13-22(15-20)14-19(23)21(2)17-9-4-3-5-10-17/h6-8,11,17,24H,3-5,9-10,12-15H2,1-2H3. The molecule has 3 rings (SSSR count). The third-order valence-corrected chi connectivity index (χ3v) is 5.85. The number of likely N-dealkylation sites (N-methyl/N-ethyl adjacent to an activating group) is 1. The number of nitrogens with zero attached hydrogens (tertiary/aromatic N) is 2. The molecule has 132 valence electrons. The van der Waals surface area contributed by atoms with Crippen molar-refractivity contribution >= 4 is 5.91 Å². The lowest BCUT2D eigenvalue weighted by atomic mass is 9.89. The van der Waals surface area contributed by atoms with Gasteiger partial charge in [0.15, 0.2) is 0 Å². The number of carbonyl (C=O) groups excluding carboxylic acids is 1. The monoisotopic (exact) mass is 330 g/mol. The fraction of sp³-hybridized carbons (Fsp3) is 0.650. The lowest BCUT2D eigenvalue weighted by Gasteiger charge is -2.32. The molecular weight excluding hydrogens is 300 g/mol. The van der Waals surface area contributed by atoms with Crippen LogP contribution >= 0.6 is 0 Å². The molecule has 1 saturated carbocycles. The van der Waals surface area contributed by atoms with Gasteiger partial charge in [-0.05, 0) is 37.3 Å². The van der Waals surface area contributed by atoms with Gasteiger partial charge in [0.05, 0.1) is 6.54 Å². The first-order chi connectivity index (χ1) is 11.5. The summed E-state index contributed by atoms with van der Waals surface area (Å²) in [6.45, 7) is 3.77. The molecule has 4 nitrogen and oxygen atoms in total. The molecule has 1 atom stereocenters. The third kappa shape index (κ3) is 3.65. The predicted octanol–water partition coefficient (Wildman–Crippen LogP) is 2.68. The normalized spacial score (nSPS) is 25.8. The molecule has 24 heavy (non-hydrogen) atoms. The maximum atomic E-state index is 12.6. The van der Waals surface area contributed by atoms with Gasteiger partial charge in [0.2, 0.25) is 5.91 Å². The highest BCUT2D eigenvalue weighted by Crippen LogP contribution is 2.33. The van der Waals surface area contributed by atoms with Gasteiger partial charge in [-0.2, -0.15) is 0 Å². The second-order valence-electron chi connectivity index (χ2n) is 7.60. The molecule has 1 aromatic carbocycles. The molecule has 1 amide bonds. The quantitative estimate of drug-likeness (QED) is 0.923. The number of β-amino-alcohol motifs (C(OH)–C–C–N with tert-alkyl or cyclic N) is 1. The summed E-state index contributed by atoms with van der Waals surface area (Å²) < 4.78 is 0. The topological polar surface area (TPSA) is 43.8 Å². The minimum Gasteiger partial charge on any atom is -0.384 e. The summed E-state index contributed by atoms with van der Waals surface area (Å²) in [5.41, 5.74) is 1.29. The summed E-state index contributed by atoms with van der Waals surface area (Å²) in [6.07, 6.45) is 6.73. The van der Waals surface area contributed by atoms with Crippen LogP contribution in [0.15, 0.2) is 24.3 Å². The van der Waals surface area contributed by atoms with Crippen LogP contribution in [0.5, 0.6) is 0 Å². The number of aliphatic hydroxyl groups is 1. The molecule has 0 aromatic heterocycles. The zero-order valence-electron chi connectivity index (χ0n) is 15.0. The van der Waals surface area contributed by atoms with Crippen LogP contribution < -0.4 is 0 Å². The van der Waals surface area contributed by atoms with Crippen LogP contribution in [0.1, 0.15) is 49.7 Å². The summed E-state index contributed by atoms with van der Waals surface area (Å²) >= 11 is 0. The highest BCUT2D eigenvalue weighted by molar-refractivity contribution is 5.78. The van der Waals surface area contributed by atoms with Gasteiger partial charge in [0.1, 0.15) is 5.60 Å². The number of amides is 1. The van der Waals surface area contributed by atoms with Crippen LogP contribution in [0, 0.1) is 6.92 Å². The van der Waals surface area contributed by atoms with Crippen molar-refractivity contribution in [3.8, 4) is 0 Å². The van der Waals surface area contributed by atoms with E-state index in [2.05, 4.69) is 4.90 Å². The second-order valence-corrected chi connectivity index (χ2v) is 7.60. The molecule has 1 saturated heterocycles. The number of hydrogen-bond donors (Lipinski definition) is 1. The van der Waals surface area contributed by atoms with Crippen molar-refractivity contribution in [3.05, 3.63) is 35.4 Å². The first-order valence-corrected chi connectivity index (χ1v) is 9.26. The van der Waals surface area contributed by atoms with E-state index in [1.165, 1.54) is 19.3 Å². The van der Waals surface area contributed by atoms with Crippen molar-refractivity contribution in [2.75, 3.05) is 26.7 Å². The summed E-state index contributed by atoms with van der Waals surface area (Å²) in [4.78, 5) is 16.7. The van der Waals surface area contributed by atoms with E-state index >= 15 is 0 Å². The van der Waals surface area contributed by atoms with Crippen LogP contribution in [0.3, 0.4) is 0 Å². The van der Waals surface area contributed by atoms with E-state index in [0.717, 1.165) is 30.5 Å². The van der Waals surface area contributed by atoms with Crippen LogP contribution in [-0.4, -0.2) is 53.5 Å². The average Bonchev–Trinajstić information content (AvgIpc) is 2.97. The van der Waals surface area contributed by atoms with Gasteiger partial charge in [-0.1, -0.05) is 43.5 Å². The molecule has 0 bridgehead atoms. The highest BCUT2D eigenvalue weighted by atomic mass is 16.3. The van der Waals surface area contributed by atoms with Crippen molar-refractivity contribution in [1.29, 1.82) is 0 Å². The Bertz CT molecular complexity index is 583. The van der Waals surface area contributed by atoms with E-state index < -0.39 is 5.60 Å². The zero-order chi connectivity index (χ0) is 17.2. The van der Waals surface area contributed by atoms with Gasteiger partial charge >= 0.3 is 0 Å². The molecule has 4 heteroatoms. The lowest BCUT2D eigenvalue weighted by Crippen LogP contribution is -2.44. The Kier molecular flexibility index (Phi) is 5.26. The van der Waals surface area contributed by atoms with E-state index in [0.29, 0.717) is 25.6 Å². The fourth-order valence-electron chi connectivity index (χ4n) is 4.30. The van der Waals surface area contributed by atoms with Crippen LogP contribution in [0.25, 0.3) is 0 Å². The molecule has 1 aromatic rings. The van der Waals surface area contributed by atoms with Crippen LogP contribution in [-0.2, 0) is 10.4 Å². The van der Waals surface area contributed by atoms with Crippen molar-refractivity contribution in [1.82, 2.24) is 9.80 Å². The minimum atomic E-state index is -0.824. The van der Waals surface area contributed by atoms with E-state index in [9.17, 15) is 9.90 Å². The SMILES string of the molecule is Cc1ccccc1C1(O)CCN(CC(=O)N(C)C2CCCCC2)C1. The van der Waals surface area contributed by atoms with Gasteiger partial charge in [-0.15, -0.1) is 0 Å². The number of aryl methyl sites for hydroxylation is 1. The molecule has 1 aliphatic heterocycles. The molecule has 1 N–H and O–H groups in total. The Hall–Kier alpha value is -1.39. The second kappa shape index (κ2) is 7.24.